The molecule has 8 heteroatoms. The van der Waals surface area contributed by atoms with Gasteiger partial charge in [0.15, 0.2) is 5.96 Å². The van der Waals surface area contributed by atoms with E-state index in [2.05, 4.69) is 60.4 Å². The molecule has 1 saturated heterocycles. The average Bonchev–Trinajstić information content (AvgIpc) is 3.03. The number of piperazine rings is 1. The second-order valence-electron chi connectivity index (χ2n) is 6.65. The van der Waals surface area contributed by atoms with Crippen LogP contribution in [0.3, 0.4) is 0 Å². The van der Waals surface area contributed by atoms with Crippen LogP contribution in [0.2, 0.25) is 0 Å². The average molecular weight is 444 g/mol. The molecule has 0 spiro atoms. The van der Waals surface area contributed by atoms with Crippen molar-refractivity contribution >= 4 is 39.1 Å². The van der Waals surface area contributed by atoms with E-state index in [4.69, 9.17) is 0 Å². The third kappa shape index (κ3) is 6.89. The van der Waals surface area contributed by atoms with Gasteiger partial charge in [0.05, 0.1) is 10.3 Å². The van der Waals surface area contributed by atoms with E-state index in [1.807, 2.05) is 13.8 Å². The Labute approximate surface area is 169 Å². The number of aliphatic imine (C=N–C) groups is 1. The van der Waals surface area contributed by atoms with Crippen molar-refractivity contribution in [2.75, 3.05) is 45.8 Å². The minimum Gasteiger partial charge on any atom is -0.357 e. The number of rotatable bonds is 7. The number of nitrogens with zero attached hydrogens (tertiary/aromatic N) is 3. The maximum atomic E-state index is 11.6. The molecule has 0 aromatic carbocycles. The van der Waals surface area contributed by atoms with E-state index < -0.39 is 0 Å². The van der Waals surface area contributed by atoms with Crippen molar-refractivity contribution in [2.45, 2.75) is 27.3 Å². The van der Waals surface area contributed by atoms with Gasteiger partial charge in [0, 0.05) is 56.6 Å². The second kappa shape index (κ2) is 10.9. The molecule has 26 heavy (non-hydrogen) atoms. The van der Waals surface area contributed by atoms with Gasteiger partial charge in [0.1, 0.15) is 0 Å². The Hall–Kier alpha value is -1.12. The van der Waals surface area contributed by atoms with Crippen molar-refractivity contribution in [3.05, 3.63) is 20.8 Å². The van der Waals surface area contributed by atoms with Gasteiger partial charge in [0.2, 0.25) is 5.91 Å². The molecule has 2 heterocycles. The molecule has 1 amide bonds. The number of hydrogen-bond donors (Lipinski definition) is 2. The number of thiophene rings is 1. The summed E-state index contributed by atoms with van der Waals surface area (Å²) in [5.41, 5.74) is 0. The van der Waals surface area contributed by atoms with Crippen LogP contribution in [0.5, 0.6) is 0 Å². The first-order valence-electron chi connectivity index (χ1n) is 9.27. The van der Waals surface area contributed by atoms with Gasteiger partial charge in [-0.15, -0.1) is 11.3 Å². The molecule has 6 nitrogen and oxygen atoms in total. The number of guanidine groups is 1. The minimum absolute atomic E-state index is 0.0178. The van der Waals surface area contributed by atoms with Crippen molar-refractivity contribution in [1.82, 2.24) is 20.4 Å². The Bertz CT molecular complexity index is 596. The summed E-state index contributed by atoms with van der Waals surface area (Å²) in [6.45, 7) is 12.9. The first-order valence-corrected chi connectivity index (χ1v) is 10.9. The normalized spacial score (nSPS) is 16.2. The summed E-state index contributed by atoms with van der Waals surface area (Å²) >= 11 is 5.34. The highest BCUT2D eigenvalue weighted by molar-refractivity contribution is 9.11. The summed E-state index contributed by atoms with van der Waals surface area (Å²) in [7, 11) is 0. The quantitative estimate of drug-likeness (QED) is 0.385. The van der Waals surface area contributed by atoms with E-state index in [1.165, 1.54) is 8.66 Å². The summed E-state index contributed by atoms with van der Waals surface area (Å²) < 4.78 is 1.19. The lowest BCUT2D eigenvalue weighted by molar-refractivity contribution is -0.123. The fourth-order valence-corrected chi connectivity index (χ4v) is 4.27. The molecule has 0 radical (unpaired) electrons. The van der Waals surface area contributed by atoms with Gasteiger partial charge in [-0.3, -0.25) is 14.7 Å². The maximum absolute atomic E-state index is 11.6. The van der Waals surface area contributed by atoms with Crippen LogP contribution >= 0.6 is 27.3 Å². The predicted octanol–water partition coefficient (Wildman–Crippen LogP) is 2.37. The van der Waals surface area contributed by atoms with Crippen LogP contribution in [-0.4, -0.2) is 67.5 Å². The van der Waals surface area contributed by atoms with E-state index in [9.17, 15) is 4.79 Å². The molecule has 0 aliphatic carbocycles. The molecule has 0 saturated carbocycles. The molecular weight excluding hydrogens is 414 g/mol. The summed E-state index contributed by atoms with van der Waals surface area (Å²) in [5.74, 6) is 1.05. The first kappa shape index (κ1) is 21.2. The Morgan fingerprint density at radius 1 is 1.27 bits per heavy atom. The molecule has 2 N–H and O–H groups in total. The van der Waals surface area contributed by atoms with Crippen molar-refractivity contribution in [3.63, 3.8) is 0 Å². The molecule has 1 aromatic rings. The molecule has 2 rings (SSSR count). The molecule has 0 bridgehead atoms. The van der Waals surface area contributed by atoms with Gasteiger partial charge in [0.25, 0.3) is 0 Å². The maximum Gasteiger partial charge on any atom is 0.222 e. The van der Waals surface area contributed by atoms with Gasteiger partial charge < -0.3 is 15.5 Å². The summed E-state index contributed by atoms with van der Waals surface area (Å²) in [5, 5.41) is 6.29. The molecule has 1 aliphatic heterocycles. The summed E-state index contributed by atoms with van der Waals surface area (Å²) in [4.78, 5) is 22.5. The highest BCUT2D eigenvalue weighted by Crippen LogP contribution is 2.23. The zero-order valence-corrected chi connectivity index (χ0v) is 18.3. The molecule has 1 fully saturated rings. The highest BCUT2D eigenvalue weighted by Gasteiger charge is 2.20. The molecule has 1 aliphatic rings. The standard InChI is InChI=1S/C18H30BrN5OS/c1-4-20-18(22-8-7-21-17(25)14(2)3)24-11-9-23(10-12-24)13-15-5-6-16(19)26-15/h5-6,14H,4,7-13H2,1-3H3,(H,20,22)(H,21,25). The first-order chi connectivity index (χ1) is 12.5. The van der Waals surface area contributed by atoms with Crippen molar-refractivity contribution in [2.24, 2.45) is 10.9 Å². The smallest absolute Gasteiger partial charge is 0.222 e. The van der Waals surface area contributed by atoms with Crippen LogP contribution in [0.4, 0.5) is 0 Å². The molecule has 0 unspecified atom stereocenters. The lowest BCUT2D eigenvalue weighted by Crippen LogP contribution is -2.52. The molecule has 146 valence electrons. The predicted molar refractivity (Wildman–Crippen MR) is 113 cm³/mol. The molecule has 0 atom stereocenters. The third-order valence-corrected chi connectivity index (χ3v) is 5.82. The number of nitrogens with one attached hydrogen (secondary N) is 2. The van der Waals surface area contributed by atoms with E-state index in [0.29, 0.717) is 13.1 Å². The Balaban J connectivity index is 1.79. The fraction of sp³-hybridized carbons (Fsp3) is 0.667. The van der Waals surface area contributed by atoms with E-state index >= 15 is 0 Å². The van der Waals surface area contributed by atoms with Gasteiger partial charge in [-0.05, 0) is 35.0 Å². The Morgan fingerprint density at radius 3 is 2.58 bits per heavy atom. The molecule has 1 aromatic heterocycles. The van der Waals surface area contributed by atoms with Crippen molar-refractivity contribution in [3.8, 4) is 0 Å². The van der Waals surface area contributed by atoms with Crippen LogP contribution in [-0.2, 0) is 11.3 Å². The van der Waals surface area contributed by atoms with Crippen LogP contribution in [0.25, 0.3) is 0 Å². The Morgan fingerprint density at radius 2 is 2.00 bits per heavy atom. The summed E-state index contributed by atoms with van der Waals surface area (Å²) in [6.07, 6.45) is 0. The zero-order chi connectivity index (χ0) is 18.9. The second-order valence-corrected chi connectivity index (χ2v) is 9.20. The SMILES string of the molecule is CCNC(=NCCNC(=O)C(C)C)N1CCN(Cc2ccc(Br)s2)CC1. The van der Waals surface area contributed by atoms with Crippen molar-refractivity contribution in [1.29, 1.82) is 0 Å². The third-order valence-electron chi connectivity index (χ3n) is 4.21. The van der Waals surface area contributed by atoms with Crippen LogP contribution in [0.15, 0.2) is 20.9 Å². The lowest BCUT2D eigenvalue weighted by Gasteiger charge is -2.36. The number of amides is 1. The minimum atomic E-state index is 0.0178. The topological polar surface area (TPSA) is 60.0 Å². The number of carbonyl (C=O) groups is 1. The fourth-order valence-electron chi connectivity index (χ4n) is 2.75. The van der Waals surface area contributed by atoms with Crippen molar-refractivity contribution < 1.29 is 4.79 Å². The Kier molecular flexibility index (Phi) is 8.87. The lowest BCUT2D eigenvalue weighted by atomic mass is 10.2. The van der Waals surface area contributed by atoms with Gasteiger partial charge >= 0.3 is 0 Å². The largest absolute Gasteiger partial charge is 0.357 e. The van der Waals surface area contributed by atoms with Crippen LogP contribution in [0, 0.1) is 5.92 Å². The van der Waals surface area contributed by atoms with Gasteiger partial charge in [-0.1, -0.05) is 13.8 Å². The van der Waals surface area contributed by atoms with Gasteiger partial charge in [-0.2, -0.15) is 0 Å². The monoisotopic (exact) mass is 443 g/mol. The van der Waals surface area contributed by atoms with E-state index in [0.717, 1.165) is 45.2 Å². The number of halogens is 1. The highest BCUT2D eigenvalue weighted by atomic mass is 79.9. The number of carbonyl (C=O) groups excluding carboxylic acids is 1. The van der Waals surface area contributed by atoms with E-state index in [1.54, 1.807) is 11.3 Å². The van der Waals surface area contributed by atoms with Crippen LogP contribution in [0.1, 0.15) is 25.6 Å². The number of hydrogen-bond acceptors (Lipinski definition) is 4. The zero-order valence-electron chi connectivity index (χ0n) is 15.9. The van der Waals surface area contributed by atoms with Gasteiger partial charge in [-0.25, -0.2) is 0 Å². The molecular formula is C18H30BrN5OS. The van der Waals surface area contributed by atoms with E-state index in [-0.39, 0.29) is 11.8 Å². The summed E-state index contributed by atoms with van der Waals surface area (Å²) in [6, 6.07) is 4.31. The van der Waals surface area contributed by atoms with Crippen LogP contribution < -0.4 is 10.6 Å².